The lowest BCUT2D eigenvalue weighted by Crippen LogP contribution is -2.49. The Kier molecular flexibility index (Phi) is 5.78. The second-order valence-corrected chi connectivity index (χ2v) is 7.15. The number of hydrogen-bond acceptors (Lipinski definition) is 3. The Balaban J connectivity index is 1.68. The molecule has 1 fully saturated rings. The summed E-state index contributed by atoms with van der Waals surface area (Å²) in [6.07, 6.45) is 0.775. The molecule has 1 aliphatic heterocycles. The normalized spacial score (nSPS) is 15.7. The highest BCUT2D eigenvalue weighted by Gasteiger charge is 2.43. The number of nitrogens with one attached hydrogen (secondary N) is 1. The number of benzene rings is 2. The van der Waals surface area contributed by atoms with E-state index in [-0.39, 0.29) is 11.8 Å². The fourth-order valence-electron chi connectivity index (χ4n) is 3.65. The zero-order valence-corrected chi connectivity index (χ0v) is 15.9. The topological polar surface area (TPSA) is 86.7 Å². The molecular weight excluding hydrogens is 356 g/mol. The summed E-state index contributed by atoms with van der Waals surface area (Å²) in [6.45, 7) is 2.67. The number of carbonyl (C=O) groups excluding carboxylic acids is 2. The smallest absolute Gasteiger partial charge is 0.314 e. The average Bonchev–Trinajstić information content (AvgIpc) is 2.72. The van der Waals surface area contributed by atoms with E-state index in [1.807, 2.05) is 42.5 Å². The molecule has 0 radical (unpaired) electrons. The van der Waals surface area contributed by atoms with Gasteiger partial charge >= 0.3 is 5.97 Å². The van der Waals surface area contributed by atoms with E-state index in [1.165, 1.54) is 6.92 Å². The molecule has 1 saturated heterocycles. The molecule has 3 rings (SSSR count). The van der Waals surface area contributed by atoms with Crippen LogP contribution in [0.4, 0.5) is 0 Å². The summed E-state index contributed by atoms with van der Waals surface area (Å²) < 4.78 is 0. The third kappa shape index (κ3) is 4.06. The average molecular weight is 380 g/mol. The van der Waals surface area contributed by atoms with Crippen LogP contribution in [0.15, 0.2) is 54.6 Å². The van der Waals surface area contributed by atoms with Crippen LogP contribution in [-0.2, 0) is 21.5 Å². The third-order valence-electron chi connectivity index (χ3n) is 5.38. The highest BCUT2D eigenvalue weighted by atomic mass is 16.4. The molecular formula is C22H24N2O4. The van der Waals surface area contributed by atoms with Gasteiger partial charge in [-0.25, -0.2) is 0 Å². The quantitative estimate of drug-likeness (QED) is 0.835. The van der Waals surface area contributed by atoms with Crippen molar-refractivity contribution in [3.8, 4) is 0 Å². The van der Waals surface area contributed by atoms with E-state index in [0.29, 0.717) is 38.0 Å². The van der Waals surface area contributed by atoms with Crippen molar-refractivity contribution in [1.82, 2.24) is 10.2 Å². The number of carboxylic acid groups (broad SMARTS) is 1. The van der Waals surface area contributed by atoms with E-state index >= 15 is 0 Å². The van der Waals surface area contributed by atoms with Crippen LogP contribution >= 0.6 is 0 Å². The molecule has 6 nitrogen and oxygen atoms in total. The van der Waals surface area contributed by atoms with Crippen molar-refractivity contribution in [3.05, 3.63) is 71.3 Å². The van der Waals surface area contributed by atoms with Gasteiger partial charge in [0.25, 0.3) is 5.91 Å². The summed E-state index contributed by atoms with van der Waals surface area (Å²) in [5.74, 6) is -1.04. The number of piperidine rings is 1. The molecule has 0 spiro atoms. The zero-order valence-electron chi connectivity index (χ0n) is 15.9. The molecule has 0 bridgehead atoms. The van der Waals surface area contributed by atoms with Crippen LogP contribution in [0, 0.1) is 0 Å². The number of aliphatic carboxylic acids is 1. The van der Waals surface area contributed by atoms with Gasteiger partial charge in [0.05, 0.1) is 5.41 Å². The van der Waals surface area contributed by atoms with Crippen molar-refractivity contribution in [3.63, 3.8) is 0 Å². The predicted octanol–water partition coefficient (Wildman–Crippen LogP) is 2.58. The van der Waals surface area contributed by atoms with Crippen LogP contribution in [0.1, 0.15) is 41.3 Å². The van der Waals surface area contributed by atoms with Gasteiger partial charge in [-0.2, -0.15) is 0 Å². The Labute approximate surface area is 164 Å². The molecule has 1 heterocycles. The predicted molar refractivity (Wildman–Crippen MR) is 105 cm³/mol. The molecule has 6 heteroatoms. The summed E-state index contributed by atoms with van der Waals surface area (Å²) in [4.78, 5) is 37.5. The van der Waals surface area contributed by atoms with E-state index in [0.717, 1.165) is 11.1 Å². The van der Waals surface area contributed by atoms with Gasteiger partial charge in [-0.05, 0) is 36.1 Å². The first-order valence-electron chi connectivity index (χ1n) is 9.34. The lowest BCUT2D eigenvalue weighted by atomic mass is 9.73. The highest BCUT2D eigenvalue weighted by molar-refractivity contribution is 5.94. The van der Waals surface area contributed by atoms with Gasteiger partial charge in [-0.3, -0.25) is 14.4 Å². The fourth-order valence-corrected chi connectivity index (χ4v) is 3.65. The maximum Gasteiger partial charge on any atom is 0.314 e. The van der Waals surface area contributed by atoms with Gasteiger partial charge in [0.15, 0.2) is 0 Å². The number of likely N-dealkylation sites (tertiary alicyclic amines) is 1. The maximum atomic E-state index is 12.8. The number of carbonyl (C=O) groups is 3. The lowest BCUT2D eigenvalue weighted by Gasteiger charge is -2.39. The van der Waals surface area contributed by atoms with E-state index in [4.69, 9.17) is 0 Å². The number of amides is 2. The molecule has 2 aromatic rings. The zero-order chi connectivity index (χ0) is 20.1. The second-order valence-electron chi connectivity index (χ2n) is 7.15. The lowest BCUT2D eigenvalue weighted by molar-refractivity contribution is -0.145. The molecule has 28 heavy (non-hydrogen) atoms. The molecule has 2 aromatic carbocycles. The van der Waals surface area contributed by atoms with Crippen molar-refractivity contribution in [1.29, 1.82) is 0 Å². The van der Waals surface area contributed by atoms with Gasteiger partial charge in [0.1, 0.15) is 0 Å². The first kappa shape index (κ1) is 19.6. The highest BCUT2D eigenvalue weighted by Crippen LogP contribution is 2.36. The minimum atomic E-state index is -0.944. The van der Waals surface area contributed by atoms with E-state index in [2.05, 4.69) is 5.32 Å². The van der Waals surface area contributed by atoms with Crippen molar-refractivity contribution >= 4 is 17.8 Å². The Morgan fingerprint density at radius 3 is 2.14 bits per heavy atom. The second kappa shape index (κ2) is 8.25. The summed E-state index contributed by atoms with van der Waals surface area (Å²) in [7, 11) is 0. The van der Waals surface area contributed by atoms with Crippen molar-refractivity contribution in [2.24, 2.45) is 0 Å². The Morgan fingerprint density at radius 2 is 1.61 bits per heavy atom. The number of nitrogens with zero attached hydrogens (tertiary/aromatic N) is 1. The Morgan fingerprint density at radius 1 is 1.00 bits per heavy atom. The molecule has 146 valence electrons. The van der Waals surface area contributed by atoms with Crippen LogP contribution in [0.25, 0.3) is 0 Å². The van der Waals surface area contributed by atoms with E-state index in [9.17, 15) is 19.5 Å². The minimum Gasteiger partial charge on any atom is -0.481 e. The first-order chi connectivity index (χ1) is 13.4. The molecule has 2 amide bonds. The van der Waals surface area contributed by atoms with Gasteiger partial charge in [0.2, 0.25) is 5.91 Å². The van der Waals surface area contributed by atoms with Gasteiger partial charge in [-0.15, -0.1) is 0 Å². The summed E-state index contributed by atoms with van der Waals surface area (Å²) in [5.41, 5.74) is 1.32. The van der Waals surface area contributed by atoms with Crippen LogP contribution in [0.3, 0.4) is 0 Å². The molecule has 0 aliphatic carbocycles. The van der Waals surface area contributed by atoms with Gasteiger partial charge in [-0.1, -0.05) is 42.5 Å². The monoisotopic (exact) mass is 380 g/mol. The number of rotatable bonds is 5. The SMILES string of the molecule is CC(=O)NCc1ccc(C(=O)N2CCC(C(=O)O)(c3ccccc3)CC2)cc1. The number of hydrogen-bond donors (Lipinski definition) is 2. The summed E-state index contributed by atoms with van der Waals surface area (Å²) in [6, 6.07) is 16.4. The molecule has 0 atom stereocenters. The first-order valence-corrected chi connectivity index (χ1v) is 9.34. The summed E-state index contributed by atoms with van der Waals surface area (Å²) >= 11 is 0. The maximum absolute atomic E-state index is 12.8. The van der Waals surface area contributed by atoms with Crippen molar-refractivity contribution in [2.45, 2.75) is 31.7 Å². The molecule has 1 aliphatic rings. The largest absolute Gasteiger partial charge is 0.481 e. The van der Waals surface area contributed by atoms with E-state index in [1.54, 1.807) is 17.0 Å². The van der Waals surface area contributed by atoms with Crippen LogP contribution in [0.2, 0.25) is 0 Å². The molecule has 0 saturated carbocycles. The van der Waals surface area contributed by atoms with E-state index < -0.39 is 11.4 Å². The third-order valence-corrected chi connectivity index (χ3v) is 5.38. The fraction of sp³-hybridized carbons (Fsp3) is 0.318. The van der Waals surface area contributed by atoms with Gasteiger partial charge < -0.3 is 15.3 Å². The van der Waals surface area contributed by atoms with Gasteiger partial charge in [0, 0.05) is 32.1 Å². The van der Waals surface area contributed by atoms with Crippen molar-refractivity contribution < 1.29 is 19.5 Å². The summed E-state index contributed by atoms with van der Waals surface area (Å²) in [5, 5.41) is 12.6. The molecule has 0 aromatic heterocycles. The van der Waals surface area contributed by atoms with Crippen LogP contribution in [-0.4, -0.2) is 40.9 Å². The molecule has 2 N–H and O–H groups in total. The van der Waals surface area contributed by atoms with Crippen LogP contribution < -0.4 is 5.32 Å². The standard InChI is InChI=1S/C22H24N2O4/c1-16(25)23-15-17-7-9-18(10-8-17)20(26)24-13-11-22(12-14-24,21(27)28)19-5-3-2-4-6-19/h2-10H,11-15H2,1H3,(H,23,25)(H,27,28). The minimum absolute atomic E-state index is 0.0990. The molecule has 0 unspecified atom stereocenters. The van der Waals surface area contributed by atoms with Crippen LogP contribution in [0.5, 0.6) is 0 Å². The number of carboxylic acids is 1. The van der Waals surface area contributed by atoms with Crippen molar-refractivity contribution in [2.75, 3.05) is 13.1 Å². The Bertz CT molecular complexity index is 854. The Hall–Kier alpha value is -3.15.